The Morgan fingerprint density at radius 1 is 0.944 bits per heavy atom. The quantitative estimate of drug-likeness (QED) is 0.502. The fraction of sp³-hybridized carbons (Fsp3) is 0.625. The summed E-state index contributed by atoms with van der Waals surface area (Å²) in [5, 5.41) is 0. The van der Waals surface area contributed by atoms with Gasteiger partial charge < -0.3 is 12.4 Å². The molecule has 4 bridgehead atoms. The van der Waals surface area contributed by atoms with Crippen molar-refractivity contribution in [2.24, 2.45) is 23.2 Å². The van der Waals surface area contributed by atoms with Crippen LogP contribution in [0.15, 0.2) is 29.5 Å². The van der Waals surface area contributed by atoms with E-state index < -0.39 is 0 Å². The van der Waals surface area contributed by atoms with Crippen LogP contribution >= 0.6 is 0 Å². The summed E-state index contributed by atoms with van der Waals surface area (Å²) in [5.74, 6) is 3.15. The maximum absolute atomic E-state index is 3.16. The topological polar surface area (TPSA) is 0 Å². The van der Waals surface area contributed by atoms with Crippen LogP contribution in [0.4, 0.5) is 0 Å². The summed E-state index contributed by atoms with van der Waals surface area (Å²) >= 11 is 0. The van der Waals surface area contributed by atoms with E-state index in [2.05, 4.69) is 30.4 Å². The van der Waals surface area contributed by atoms with E-state index in [-0.39, 0.29) is 31.9 Å². The average molecular weight is 312 g/mol. The molecule has 0 nitrogen and oxygen atoms in total. The monoisotopic (exact) mass is 310 g/mol. The smallest absolute Gasteiger partial charge is 0.0168 e. The van der Waals surface area contributed by atoms with E-state index in [9.17, 15) is 0 Å². The standard InChI is InChI=1S/C16H19.ClH.Zn/c1-2-4-15(5-3-1)16-9-12-6-13(10-16)8-14(7-12)11-16;;/h2-5,12-14H,6-11H2;1H;/p-1. The molecule has 0 aliphatic heterocycles. The van der Waals surface area contributed by atoms with E-state index in [1.54, 1.807) is 5.57 Å². The van der Waals surface area contributed by atoms with Gasteiger partial charge in [0.25, 0.3) is 0 Å². The summed E-state index contributed by atoms with van der Waals surface area (Å²) in [5.41, 5.74) is 5.35. The number of hydrogen-bond donors (Lipinski definition) is 0. The van der Waals surface area contributed by atoms with Crippen LogP contribution in [0.5, 0.6) is 0 Å². The molecule has 4 fully saturated rings. The predicted molar refractivity (Wildman–Crippen MR) is 65.6 cm³/mol. The van der Waals surface area contributed by atoms with Crippen LogP contribution in [0.2, 0.25) is 0 Å². The van der Waals surface area contributed by atoms with Crippen LogP contribution in [-0.4, -0.2) is 0 Å². The molecule has 0 atom stereocenters. The van der Waals surface area contributed by atoms with Gasteiger partial charge in [0.2, 0.25) is 0 Å². The second kappa shape index (κ2) is 5.28. The molecule has 2 heteroatoms. The van der Waals surface area contributed by atoms with E-state index in [4.69, 9.17) is 0 Å². The van der Waals surface area contributed by atoms with Crippen molar-refractivity contribution in [2.45, 2.75) is 38.5 Å². The van der Waals surface area contributed by atoms with E-state index in [0.29, 0.717) is 5.41 Å². The minimum absolute atomic E-state index is 0. The largest absolute Gasteiger partial charge is 1.00 e. The Kier molecular flexibility index (Phi) is 4.28. The van der Waals surface area contributed by atoms with Crippen molar-refractivity contribution in [3.05, 3.63) is 36.0 Å². The van der Waals surface area contributed by atoms with E-state index in [0.717, 1.165) is 17.8 Å². The molecule has 0 aromatic rings. The predicted octanol–water partition coefficient (Wildman–Crippen LogP) is 1.06. The molecule has 0 saturated heterocycles. The third-order valence-corrected chi connectivity index (χ3v) is 5.37. The molecule has 5 aliphatic rings. The zero-order valence-corrected chi connectivity index (χ0v) is 14.6. The fourth-order valence-electron chi connectivity index (χ4n) is 5.20. The Labute approximate surface area is 129 Å². The van der Waals surface area contributed by atoms with Gasteiger partial charge in [0.05, 0.1) is 0 Å². The number of hydrogen-bond acceptors (Lipinski definition) is 0. The number of rotatable bonds is 1. The van der Waals surface area contributed by atoms with Gasteiger partial charge in [0.15, 0.2) is 0 Å². The fourth-order valence-corrected chi connectivity index (χ4v) is 5.20. The summed E-state index contributed by atoms with van der Waals surface area (Å²) in [6, 6.07) is 0. The first-order valence-corrected chi connectivity index (χ1v) is 6.81. The first-order chi connectivity index (χ1) is 7.84. The molecule has 0 aromatic heterocycles. The second-order valence-corrected chi connectivity index (χ2v) is 6.49. The molecule has 0 N–H and O–H groups in total. The van der Waals surface area contributed by atoms with Crippen LogP contribution in [0.25, 0.3) is 0 Å². The molecule has 0 spiro atoms. The first-order valence-electron chi connectivity index (χ1n) is 6.81. The van der Waals surface area contributed by atoms with Gasteiger partial charge >= 0.3 is 0 Å². The SMILES string of the molecule is C1=C[CH]C(C23CC4CC(CC(C4)C2)C3)=CC=1.[Cl-].[Zn]. The Balaban J connectivity index is 0.000000602. The zero-order valence-electron chi connectivity index (χ0n) is 10.9. The van der Waals surface area contributed by atoms with Crippen molar-refractivity contribution in [3.8, 4) is 0 Å². The molecule has 0 amide bonds. The summed E-state index contributed by atoms with van der Waals surface area (Å²) in [7, 11) is 0. The Bertz CT molecular complexity index is 380. The van der Waals surface area contributed by atoms with Gasteiger partial charge in [-0.3, -0.25) is 0 Å². The van der Waals surface area contributed by atoms with Crippen molar-refractivity contribution in [2.75, 3.05) is 0 Å². The van der Waals surface area contributed by atoms with Crippen molar-refractivity contribution in [1.29, 1.82) is 0 Å². The molecule has 93 valence electrons. The second-order valence-electron chi connectivity index (χ2n) is 6.49. The van der Waals surface area contributed by atoms with Gasteiger partial charge in [-0.15, -0.1) is 5.73 Å². The number of halogens is 1. The molecule has 0 unspecified atom stereocenters. The van der Waals surface area contributed by atoms with Crippen LogP contribution in [0.3, 0.4) is 0 Å². The molecular formula is C16H19ClZn-. The zero-order chi connectivity index (χ0) is 10.6. The summed E-state index contributed by atoms with van der Waals surface area (Å²) in [4.78, 5) is 0. The maximum atomic E-state index is 3.16. The molecule has 4 saturated carbocycles. The molecule has 0 heterocycles. The third-order valence-electron chi connectivity index (χ3n) is 5.37. The molecule has 1 radical (unpaired) electrons. The summed E-state index contributed by atoms with van der Waals surface area (Å²) < 4.78 is 0. The van der Waals surface area contributed by atoms with Crippen LogP contribution in [0.1, 0.15) is 38.5 Å². The van der Waals surface area contributed by atoms with E-state index >= 15 is 0 Å². The van der Waals surface area contributed by atoms with E-state index in [1.807, 2.05) is 0 Å². The Morgan fingerprint density at radius 2 is 1.50 bits per heavy atom. The molecule has 0 aromatic carbocycles. The number of allylic oxidation sites excluding steroid dienone is 3. The maximum Gasteiger partial charge on any atom is 0.0168 e. The molecular weight excluding hydrogens is 293 g/mol. The van der Waals surface area contributed by atoms with Gasteiger partial charge in [-0.1, -0.05) is 11.6 Å². The van der Waals surface area contributed by atoms with Crippen molar-refractivity contribution < 1.29 is 31.9 Å². The Morgan fingerprint density at radius 3 is 1.94 bits per heavy atom. The van der Waals surface area contributed by atoms with Crippen LogP contribution in [0, 0.1) is 29.6 Å². The summed E-state index contributed by atoms with van der Waals surface area (Å²) in [6.07, 6.45) is 17.9. The molecule has 5 aliphatic carbocycles. The van der Waals surface area contributed by atoms with Crippen LogP contribution < -0.4 is 12.4 Å². The molecule has 18 heavy (non-hydrogen) atoms. The third kappa shape index (κ3) is 2.20. The van der Waals surface area contributed by atoms with Crippen molar-refractivity contribution in [3.63, 3.8) is 0 Å². The van der Waals surface area contributed by atoms with Gasteiger partial charge in [-0.05, 0) is 73.8 Å². The van der Waals surface area contributed by atoms with Gasteiger partial charge in [-0.25, -0.2) is 0 Å². The van der Waals surface area contributed by atoms with Gasteiger partial charge in [0.1, 0.15) is 0 Å². The minimum Gasteiger partial charge on any atom is -1.00 e. The average Bonchev–Trinajstić information content (AvgIpc) is 2.28. The van der Waals surface area contributed by atoms with E-state index in [1.165, 1.54) is 38.5 Å². The van der Waals surface area contributed by atoms with Crippen molar-refractivity contribution >= 4 is 0 Å². The summed E-state index contributed by atoms with van der Waals surface area (Å²) in [6.45, 7) is 0. The first kappa shape index (κ1) is 14.6. The van der Waals surface area contributed by atoms with Crippen LogP contribution in [-0.2, 0) is 19.5 Å². The molecule has 5 rings (SSSR count). The van der Waals surface area contributed by atoms with Gasteiger partial charge in [-0.2, -0.15) is 0 Å². The normalized spacial score (nSPS) is 43.1. The minimum atomic E-state index is 0. The van der Waals surface area contributed by atoms with Gasteiger partial charge in [0, 0.05) is 25.9 Å². The van der Waals surface area contributed by atoms with Crippen molar-refractivity contribution in [1.82, 2.24) is 0 Å². The Hall–Kier alpha value is 0.173.